The van der Waals surface area contributed by atoms with Crippen molar-refractivity contribution >= 4 is 11.9 Å². The van der Waals surface area contributed by atoms with Gasteiger partial charge in [0.1, 0.15) is 0 Å². The molecule has 2 atom stereocenters. The number of carbonyl (C=O) groups excluding carboxylic acids is 2. The van der Waals surface area contributed by atoms with Crippen LogP contribution in [0.2, 0.25) is 0 Å². The van der Waals surface area contributed by atoms with Crippen LogP contribution in [0.3, 0.4) is 0 Å². The van der Waals surface area contributed by atoms with Crippen LogP contribution in [0.1, 0.15) is 34.1 Å². The summed E-state index contributed by atoms with van der Waals surface area (Å²) < 4.78 is 9.99. The predicted molar refractivity (Wildman–Crippen MR) is 71.6 cm³/mol. The molecule has 0 radical (unpaired) electrons. The van der Waals surface area contributed by atoms with Crippen LogP contribution < -0.4 is 0 Å². The molecule has 0 aliphatic carbocycles. The number of hydrogen-bond donors (Lipinski definition) is 0. The fraction of sp³-hybridized carbons (Fsp3) is 0.857. The number of amides is 1. The highest BCUT2D eigenvalue weighted by Crippen LogP contribution is 2.29. The molecule has 1 saturated heterocycles. The monoisotopic (exact) mass is 271 g/mol. The quantitative estimate of drug-likeness (QED) is 0.729. The molecule has 0 bridgehead atoms. The van der Waals surface area contributed by atoms with E-state index in [0.29, 0.717) is 19.6 Å². The molecule has 1 amide bonds. The molecule has 0 N–H and O–H groups in total. The summed E-state index contributed by atoms with van der Waals surface area (Å²) in [6.07, 6.45) is 0.441. The Kier molecular flexibility index (Phi) is 5.35. The zero-order valence-electron chi connectivity index (χ0n) is 12.6. The number of carbonyl (C=O) groups is 2. The number of hydrogen-bond acceptors (Lipinski definition) is 4. The first-order valence-corrected chi connectivity index (χ1v) is 6.72. The van der Waals surface area contributed by atoms with Crippen molar-refractivity contribution in [1.29, 1.82) is 0 Å². The molecule has 1 aliphatic rings. The maximum Gasteiger partial charge on any atom is 0.331 e. The van der Waals surface area contributed by atoms with E-state index in [1.165, 1.54) is 7.11 Å². The second-order valence-corrected chi connectivity index (χ2v) is 6.17. The van der Waals surface area contributed by atoms with Crippen molar-refractivity contribution in [3.05, 3.63) is 0 Å². The standard InChI is InChI=1S/C14H25NO4/c1-10(14(2,3)4)8-12(16)15-6-7-19-9-11(15)13(17)18-5/h10-11H,6-9H2,1-5H3. The summed E-state index contributed by atoms with van der Waals surface area (Å²) in [6.45, 7) is 9.55. The zero-order valence-corrected chi connectivity index (χ0v) is 12.6. The van der Waals surface area contributed by atoms with Crippen LogP contribution in [0.15, 0.2) is 0 Å². The molecule has 0 aromatic heterocycles. The Morgan fingerprint density at radius 3 is 2.58 bits per heavy atom. The van der Waals surface area contributed by atoms with Gasteiger partial charge in [-0.2, -0.15) is 0 Å². The molecule has 2 unspecified atom stereocenters. The van der Waals surface area contributed by atoms with Crippen LogP contribution in [-0.4, -0.2) is 49.7 Å². The van der Waals surface area contributed by atoms with Gasteiger partial charge < -0.3 is 14.4 Å². The lowest BCUT2D eigenvalue weighted by Crippen LogP contribution is -2.53. The molecule has 110 valence electrons. The van der Waals surface area contributed by atoms with Crippen LogP contribution in [-0.2, 0) is 19.1 Å². The molecule has 0 aromatic rings. The lowest BCUT2D eigenvalue weighted by Gasteiger charge is -2.35. The number of methoxy groups -OCH3 is 1. The van der Waals surface area contributed by atoms with Crippen LogP contribution >= 0.6 is 0 Å². The van der Waals surface area contributed by atoms with E-state index in [1.807, 2.05) is 0 Å². The van der Waals surface area contributed by atoms with E-state index in [9.17, 15) is 9.59 Å². The highest BCUT2D eigenvalue weighted by atomic mass is 16.5. The molecule has 19 heavy (non-hydrogen) atoms. The Bertz CT molecular complexity index is 335. The fourth-order valence-corrected chi connectivity index (χ4v) is 1.92. The van der Waals surface area contributed by atoms with Crippen molar-refractivity contribution in [3.8, 4) is 0 Å². The van der Waals surface area contributed by atoms with Crippen molar-refractivity contribution in [2.24, 2.45) is 11.3 Å². The number of esters is 1. The predicted octanol–water partition coefficient (Wildman–Crippen LogP) is 1.46. The lowest BCUT2D eigenvalue weighted by molar-refractivity contribution is -0.161. The largest absolute Gasteiger partial charge is 0.467 e. The Balaban J connectivity index is 2.70. The molecule has 1 rings (SSSR count). The van der Waals surface area contributed by atoms with E-state index in [0.717, 1.165) is 0 Å². The number of morpholine rings is 1. The van der Waals surface area contributed by atoms with Gasteiger partial charge in [-0.15, -0.1) is 0 Å². The highest BCUT2D eigenvalue weighted by molar-refractivity contribution is 5.85. The van der Waals surface area contributed by atoms with Crippen molar-refractivity contribution in [1.82, 2.24) is 4.90 Å². The van der Waals surface area contributed by atoms with Crippen LogP contribution in [0.5, 0.6) is 0 Å². The van der Waals surface area contributed by atoms with E-state index >= 15 is 0 Å². The summed E-state index contributed by atoms with van der Waals surface area (Å²) in [5.74, 6) is -0.154. The molecule has 5 heteroatoms. The third-order valence-corrected chi connectivity index (χ3v) is 3.88. The van der Waals surface area contributed by atoms with E-state index in [-0.39, 0.29) is 23.8 Å². The molecular weight excluding hydrogens is 246 g/mol. The van der Waals surface area contributed by atoms with Gasteiger partial charge in [0.25, 0.3) is 0 Å². The SMILES string of the molecule is COC(=O)C1COCCN1C(=O)CC(C)C(C)(C)C. The van der Waals surface area contributed by atoms with E-state index in [4.69, 9.17) is 9.47 Å². The lowest BCUT2D eigenvalue weighted by atomic mass is 9.80. The van der Waals surface area contributed by atoms with Crippen molar-refractivity contribution in [2.75, 3.05) is 26.9 Å². The van der Waals surface area contributed by atoms with E-state index in [1.54, 1.807) is 4.90 Å². The summed E-state index contributed by atoms with van der Waals surface area (Å²) in [7, 11) is 1.33. The van der Waals surface area contributed by atoms with Crippen LogP contribution in [0, 0.1) is 11.3 Å². The van der Waals surface area contributed by atoms with Crippen molar-refractivity contribution in [3.63, 3.8) is 0 Å². The average Bonchev–Trinajstić information content (AvgIpc) is 2.36. The topological polar surface area (TPSA) is 55.8 Å². The molecule has 5 nitrogen and oxygen atoms in total. The van der Waals surface area contributed by atoms with Gasteiger partial charge in [0.15, 0.2) is 6.04 Å². The fourth-order valence-electron chi connectivity index (χ4n) is 1.92. The van der Waals surface area contributed by atoms with Crippen molar-refractivity contribution in [2.45, 2.75) is 40.2 Å². The second-order valence-electron chi connectivity index (χ2n) is 6.17. The van der Waals surface area contributed by atoms with Gasteiger partial charge in [-0.05, 0) is 11.3 Å². The molecule has 1 heterocycles. The maximum atomic E-state index is 12.3. The third kappa shape index (κ3) is 4.20. The molecule has 0 saturated carbocycles. The van der Waals surface area contributed by atoms with Gasteiger partial charge >= 0.3 is 5.97 Å². The number of nitrogens with zero attached hydrogens (tertiary/aromatic N) is 1. The summed E-state index contributed by atoms with van der Waals surface area (Å²) in [4.78, 5) is 25.6. The van der Waals surface area contributed by atoms with E-state index in [2.05, 4.69) is 27.7 Å². The van der Waals surface area contributed by atoms with Gasteiger partial charge in [-0.25, -0.2) is 4.79 Å². The minimum atomic E-state index is -0.599. The normalized spacial score (nSPS) is 21.9. The van der Waals surface area contributed by atoms with Gasteiger partial charge in [-0.3, -0.25) is 4.79 Å². The minimum Gasteiger partial charge on any atom is -0.467 e. The summed E-state index contributed by atoms with van der Waals surface area (Å²) >= 11 is 0. The number of ether oxygens (including phenoxy) is 2. The highest BCUT2D eigenvalue weighted by Gasteiger charge is 2.35. The minimum absolute atomic E-state index is 0.00104. The smallest absolute Gasteiger partial charge is 0.331 e. The molecule has 0 spiro atoms. The second kappa shape index (κ2) is 6.37. The molecular formula is C14H25NO4. The van der Waals surface area contributed by atoms with Crippen LogP contribution in [0.25, 0.3) is 0 Å². The Morgan fingerprint density at radius 2 is 2.05 bits per heavy atom. The van der Waals surface area contributed by atoms with Crippen molar-refractivity contribution < 1.29 is 19.1 Å². The van der Waals surface area contributed by atoms with Gasteiger partial charge in [0.05, 0.1) is 20.3 Å². The molecule has 1 aliphatic heterocycles. The van der Waals surface area contributed by atoms with Gasteiger partial charge in [-0.1, -0.05) is 27.7 Å². The Hall–Kier alpha value is -1.10. The third-order valence-electron chi connectivity index (χ3n) is 3.88. The average molecular weight is 271 g/mol. The first-order valence-electron chi connectivity index (χ1n) is 6.72. The number of rotatable bonds is 3. The summed E-state index contributed by atoms with van der Waals surface area (Å²) in [6, 6.07) is -0.599. The first-order chi connectivity index (χ1) is 8.77. The first kappa shape index (κ1) is 16.0. The summed E-state index contributed by atoms with van der Waals surface area (Å²) in [5, 5.41) is 0. The Morgan fingerprint density at radius 1 is 1.42 bits per heavy atom. The molecule has 1 fully saturated rings. The summed E-state index contributed by atoms with van der Waals surface area (Å²) in [5.41, 5.74) is 0.0721. The van der Waals surface area contributed by atoms with Crippen LogP contribution in [0.4, 0.5) is 0 Å². The maximum absolute atomic E-state index is 12.3. The van der Waals surface area contributed by atoms with Gasteiger partial charge in [0.2, 0.25) is 5.91 Å². The van der Waals surface area contributed by atoms with E-state index < -0.39 is 12.0 Å². The zero-order chi connectivity index (χ0) is 14.6. The van der Waals surface area contributed by atoms with Gasteiger partial charge in [0, 0.05) is 13.0 Å². The molecule has 0 aromatic carbocycles. The Labute approximate surface area is 115 Å².